The van der Waals surface area contributed by atoms with Gasteiger partial charge in [0.25, 0.3) is 5.69 Å². The van der Waals surface area contributed by atoms with Gasteiger partial charge in [0.15, 0.2) is 0 Å². The highest BCUT2D eigenvalue weighted by molar-refractivity contribution is 5.45. The van der Waals surface area contributed by atoms with Crippen LogP contribution in [-0.2, 0) is 0 Å². The highest BCUT2D eigenvalue weighted by atomic mass is 16.6. The maximum absolute atomic E-state index is 10.5. The Kier molecular flexibility index (Phi) is 3.01. The SMILES string of the molecule is Cc1nc(NC(C)C)ccc1[N+](=O)[O-]. The molecule has 1 rings (SSSR count). The van der Waals surface area contributed by atoms with Gasteiger partial charge in [-0.25, -0.2) is 4.98 Å². The highest BCUT2D eigenvalue weighted by Crippen LogP contribution is 2.17. The Morgan fingerprint density at radius 1 is 1.50 bits per heavy atom. The second-order valence-corrected chi connectivity index (χ2v) is 3.36. The number of pyridine rings is 1. The Morgan fingerprint density at radius 3 is 2.57 bits per heavy atom. The minimum atomic E-state index is -0.429. The van der Waals surface area contributed by atoms with E-state index in [0.717, 1.165) is 0 Å². The Balaban J connectivity index is 2.94. The minimum absolute atomic E-state index is 0.0549. The summed E-state index contributed by atoms with van der Waals surface area (Å²) in [6.45, 7) is 5.60. The Hall–Kier alpha value is -1.65. The smallest absolute Gasteiger partial charge is 0.290 e. The van der Waals surface area contributed by atoms with Gasteiger partial charge in [-0.2, -0.15) is 0 Å². The second-order valence-electron chi connectivity index (χ2n) is 3.36. The van der Waals surface area contributed by atoms with Crippen LogP contribution < -0.4 is 5.32 Å². The van der Waals surface area contributed by atoms with Crippen molar-refractivity contribution in [2.45, 2.75) is 26.8 Å². The quantitative estimate of drug-likeness (QED) is 0.592. The molecule has 0 aliphatic rings. The number of nitro groups is 1. The predicted molar refractivity (Wildman–Crippen MR) is 54.4 cm³/mol. The fourth-order valence-corrected chi connectivity index (χ4v) is 1.12. The number of hydrogen-bond acceptors (Lipinski definition) is 4. The molecule has 0 aliphatic heterocycles. The van der Waals surface area contributed by atoms with Crippen LogP contribution in [0.5, 0.6) is 0 Å². The van der Waals surface area contributed by atoms with E-state index in [-0.39, 0.29) is 11.7 Å². The maximum atomic E-state index is 10.5. The van der Waals surface area contributed by atoms with Crippen molar-refractivity contribution in [2.24, 2.45) is 0 Å². The molecule has 0 radical (unpaired) electrons. The molecule has 0 fully saturated rings. The van der Waals surface area contributed by atoms with Gasteiger partial charge in [0, 0.05) is 12.1 Å². The molecule has 0 unspecified atom stereocenters. The van der Waals surface area contributed by atoms with Gasteiger partial charge >= 0.3 is 0 Å². The highest BCUT2D eigenvalue weighted by Gasteiger charge is 2.11. The molecule has 0 saturated carbocycles. The van der Waals surface area contributed by atoms with Crippen molar-refractivity contribution in [3.8, 4) is 0 Å². The third kappa shape index (κ3) is 2.42. The van der Waals surface area contributed by atoms with Crippen LogP contribution in [-0.4, -0.2) is 15.9 Å². The lowest BCUT2D eigenvalue weighted by Gasteiger charge is -2.08. The molecule has 1 aromatic heterocycles. The van der Waals surface area contributed by atoms with Crippen molar-refractivity contribution < 1.29 is 4.92 Å². The number of aryl methyl sites for hydroxylation is 1. The molecule has 1 aromatic rings. The fraction of sp³-hybridized carbons (Fsp3) is 0.444. The number of anilines is 1. The number of nitrogens with one attached hydrogen (secondary N) is 1. The van der Waals surface area contributed by atoms with E-state index in [1.807, 2.05) is 13.8 Å². The third-order valence-electron chi connectivity index (χ3n) is 1.69. The Labute approximate surface area is 82.3 Å². The number of aromatic nitrogens is 1. The first-order chi connectivity index (χ1) is 6.50. The molecule has 0 bridgehead atoms. The van der Waals surface area contributed by atoms with Crippen molar-refractivity contribution >= 4 is 11.5 Å². The first-order valence-corrected chi connectivity index (χ1v) is 4.39. The summed E-state index contributed by atoms with van der Waals surface area (Å²) < 4.78 is 0. The van der Waals surface area contributed by atoms with Crippen molar-refractivity contribution in [3.63, 3.8) is 0 Å². The van der Waals surface area contributed by atoms with Gasteiger partial charge in [0.05, 0.1) is 4.92 Å². The van der Waals surface area contributed by atoms with E-state index in [1.165, 1.54) is 6.07 Å². The summed E-state index contributed by atoms with van der Waals surface area (Å²) in [5, 5.41) is 13.6. The van der Waals surface area contributed by atoms with Crippen LogP contribution in [0, 0.1) is 17.0 Å². The zero-order chi connectivity index (χ0) is 10.7. The van der Waals surface area contributed by atoms with E-state index in [0.29, 0.717) is 11.5 Å². The normalized spacial score (nSPS) is 10.3. The standard InChI is InChI=1S/C9H13N3O2/c1-6(2)10-9-5-4-8(12(13)14)7(3)11-9/h4-6H,1-3H3,(H,10,11). The molecule has 0 aromatic carbocycles. The van der Waals surface area contributed by atoms with Gasteiger partial charge < -0.3 is 5.32 Å². The van der Waals surface area contributed by atoms with Crippen molar-refractivity contribution in [1.82, 2.24) is 4.98 Å². The lowest BCUT2D eigenvalue weighted by atomic mass is 10.3. The molecule has 0 spiro atoms. The number of nitrogens with zero attached hydrogens (tertiary/aromatic N) is 2. The summed E-state index contributed by atoms with van der Waals surface area (Å²) in [6.07, 6.45) is 0. The zero-order valence-corrected chi connectivity index (χ0v) is 8.44. The second kappa shape index (κ2) is 4.04. The molecule has 5 heteroatoms. The molecule has 0 saturated heterocycles. The van der Waals surface area contributed by atoms with Crippen LogP contribution in [0.2, 0.25) is 0 Å². The van der Waals surface area contributed by atoms with Crippen LogP contribution in [0.25, 0.3) is 0 Å². The molecule has 76 valence electrons. The van der Waals surface area contributed by atoms with E-state index in [4.69, 9.17) is 0 Å². The summed E-state index contributed by atoms with van der Waals surface area (Å²) >= 11 is 0. The summed E-state index contributed by atoms with van der Waals surface area (Å²) in [7, 11) is 0. The van der Waals surface area contributed by atoms with E-state index in [2.05, 4.69) is 10.3 Å². The molecule has 0 aliphatic carbocycles. The first kappa shape index (κ1) is 10.4. The van der Waals surface area contributed by atoms with Crippen LogP contribution >= 0.6 is 0 Å². The summed E-state index contributed by atoms with van der Waals surface area (Å²) in [5.41, 5.74) is 0.486. The lowest BCUT2D eigenvalue weighted by molar-refractivity contribution is -0.385. The van der Waals surface area contributed by atoms with Gasteiger partial charge in [-0.15, -0.1) is 0 Å². The Bertz CT molecular complexity index is 350. The Morgan fingerprint density at radius 2 is 2.14 bits per heavy atom. The summed E-state index contributed by atoms with van der Waals surface area (Å²) in [4.78, 5) is 14.2. The van der Waals surface area contributed by atoms with E-state index < -0.39 is 4.92 Å². The van der Waals surface area contributed by atoms with Crippen molar-refractivity contribution in [1.29, 1.82) is 0 Å². The van der Waals surface area contributed by atoms with Gasteiger partial charge in [0.2, 0.25) is 0 Å². The van der Waals surface area contributed by atoms with Gasteiger partial charge in [-0.3, -0.25) is 10.1 Å². The largest absolute Gasteiger partial charge is 0.368 e. The first-order valence-electron chi connectivity index (χ1n) is 4.39. The number of rotatable bonds is 3. The van der Waals surface area contributed by atoms with Crippen LogP contribution in [0.4, 0.5) is 11.5 Å². The third-order valence-corrected chi connectivity index (χ3v) is 1.69. The lowest BCUT2D eigenvalue weighted by Crippen LogP contribution is -2.11. The summed E-state index contributed by atoms with van der Waals surface area (Å²) in [5.74, 6) is 0.670. The van der Waals surface area contributed by atoms with E-state index in [9.17, 15) is 10.1 Å². The molecule has 1 heterocycles. The summed E-state index contributed by atoms with van der Waals surface area (Å²) in [6, 6.07) is 3.35. The maximum Gasteiger partial charge on any atom is 0.290 e. The topological polar surface area (TPSA) is 68.1 Å². The molecular formula is C9H13N3O2. The van der Waals surface area contributed by atoms with Crippen LogP contribution in [0.15, 0.2) is 12.1 Å². The minimum Gasteiger partial charge on any atom is -0.368 e. The predicted octanol–water partition coefficient (Wildman–Crippen LogP) is 2.12. The molecule has 14 heavy (non-hydrogen) atoms. The van der Waals surface area contributed by atoms with Gasteiger partial charge in [-0.05, 0) is 26.8 Å². The van der Waals surface area contributed by atoms with Crippen LogP contribution in [0.3, 0.4) is 0 Å². The molecule has 0 atom stereocenters. The average Bonchev–Trinajstić information content (AvgIpc) is 2.01. The molecule has 5 nitrogen and oxygen atoms in total. The average molecular weight is 195 g/mol. The van der Waals surface area contributed by atoms with Gasteiger partial charge in [0.1, 0.15) is 11.5 Å². The van der Waals surface area contributed by atoms with E-state index >= 15 is 0 Å². The molecular weight excluding hydrogens is 182 g/mol. The van der Waals surface area contributed by atoms with Crippen LogP contribution in [0.1, 0.15) is 19.5 Å². The van der Waals surface area contributed by atoms with E-state index in [1.54, 1.807) is 13.0 Å². The number of hydrogen-bond donors (Lipinski definition) is 1. The van der Waals surface area contributed by atoms with Crippen molar-refractivity contribution in [3.05, 3.63) is 27.9 Å². The molecule has 0 amide bonds. The zero-order valence-electron chi connectivity index (χ0n) is 8.44. The fourth-order valence-electron chi connectivity index (χ4n) is 1.12. The van der Waals surface area contributed by atoms with Gasteiger partial charge in [-0.1, -0.05) is 0 Å². The van der Waals surface area contributed by atoms with Crippen molar-refractivity contribution in [2.75, 3.05) is 5.32 Å². The monoisotopic (exact) mass is 195 g/mol. The molecule has 1 N–H and O–H groups in total.